The first-order valence-electron chi connectivity index (χ1n) is 10.4. The molecule has 34 heavy (non-hydrogen) atoms. The van der Waals surface area contributed by atoms with Crippen LogP contribution in [0.4, 0.5) is 18.9 Å². The number of carbonyl (C=O) groups is 1. The monoisotopic (exact) mass is 464 g/mol. The molecule has 1 N–H and O–H groups in total. The molecule has 0 atom stereocenters. The molecule has 0 aliphatic heterocycles. The molecule has 5 aromatic rings. The van der Waals surface area contributed by atoms with E-state index in [0.29, 0.717) is 27.2 Å². The van der Waals surface area contributed by atoms with E-state index in [-0.39, 0.29) is 17.0 Å². The Morgan fingerprint density at radius 1 is 0.971 bits per heavy atom. The third-order valence-electron chi connectivity index (χ3n) is 5.74. The third-order valence-corrected chi connectivity index (χ3v) is 5.74. The Morgan fingerprint density at radius 3 is 2.38 bits per heavy atom. The van der Waals surface area contributed by atoms with Crippen LogP contribution in [-0.2, 0) is 13.2 Å². The molecular weight excluding hydrogens is 445 g/mol. The van der Waals surface area contributed by atoms with Crippen LogP contribution in [0, 0.1) is 13.8 Å². The Hall–Kier alpha value is -4.21. The molecule has 5 rings (SSSR count). The van der Waals surface area contributed by atoms with Gasteiger partial charge in [0.1, 0.15) is 0 Å². The maximum atomic E-state index is 13.9. The summed E-state index contributed by atoms with van der Waals surface area (Å²) in [5, 5.41) is 12.7. The molecular formula is C24H19F3N6O. The lowest BCUT2D eigenvalue weighted by Gasteiger charge is -2.11. The molecule has 3 heterocycles. The molecule has 0 aliphatic carbocycles. The molecule has 0 radical (unpaired) electrons. The number of carbonyl (C=O) groups excluding carboxylic acids is 1. The fourth-order valence-electron chi connectivity index (χ4n) is 3.92. The highest BCUT2D eigenvalue weighted by Crippen LogP contribution is 2.33. The first-order valence-corrected chi connectivity index (χ1v) is 10.4. The van der Waals surface area contributed by atoms with Gasteiger partial charge in [0.05, 0.1) is 22.8 Å². The first-order chi connectivity index (χ1) is 16.1. The number of benzene rings is 2. The van der Waals surface area contributed by atoms with Crippen LogP contribution in [0.3, 0.4) is 0 Å². The Bertz CT molecular complexity index is 1580. The maximum absolute atomic E-state index is 13.9. The van der Waals surface area contributed by atoms with Gasteiger partial charge in [-0.1, -0.05) is 36.4 Å². The van der Waals surface area contributed by atoms with Gasteiger partial charge < -0.3 is 5.32 Å². The van der Waals surface area contributed by atoms with Crippen LogP contribution in [0.5, 0.6) is 0 Å². The van der Waals surface area contributed by atoms with Gasteiger partial charge in [-0.05, 0) is 36.8 Å². The molecule has 172 valence electrons. The molecule has 0 unspecified atom stereocenters. The van der Waals surface area contributed by atoms with Crippen LogP contribution >= 0.6 is 0 Å². The van der Waals surface area contributed by atoms with Crippen LogP contribution < -0.4 is 5.32 Å². The predicted molar refractivity (Wildman–Crippen MR) is 122 cm³/mol. The van der Waals surface area contributed by atoms with Crippen molar-refractivity contribution in [3.63, 3.8) is 0 Å². The number of aryl methyl sites for hydroxylation is 2. The zero-order chi connectivity index (χ0) is 24.2. The lowest BCUT2D eigenvalue weighted by molar-refractivity contribution is -0.142. The highest BCUT2D eigenvalue weighted by Gasteiger charge is 2.35. The Balaban J connectivity index is 1.61. The average Bonchev–Trinajstić information content (AvgIpc) is 3.33. The topological polar surface area (TPSA) is 77.1 Å². The summed E-state index contributed by atoms with van der Waals surface area (Å²) in [7, 11) is 1.73. The number of amides is 1. The lowest BCUT2D eigenvalue weighted by atomic mass is 10.0. The van der Waals surface area contributed by atoms with Gasteiger partial charge in [-0.15, -0.1) is 0 Å². The highest BCUT2D eigenvalue weighted by molar-refractivity contribution is 6.04. The van der Waals surface area contributed by atoms with E-state index in [1.54, 1.807) is 37.7 Å². The molecule has 3 aromatic heterocycles. The fraction of sp³-hybridized carbons (Fsp3) is 0.167. The smallest absolute Gasteiger partial charge is 0.317 e. The number of nitrogens with one attached hydrogen (secondary N) is 1. The van der Waals surface area contributed by atoms with Crippen LogP contribution in [-0.4, -0.2) is 30.3 Å². The van der Waals surface area contributed by atoms with Gasteiger partial charge in [0.2, 0.25) is 0 Å². The molecule has 0 spiro atoms. The maximum Gasteiger partial charge on any atom is 0.433 e. The summed E-state index contributed by atoms with van der Waals surface area (Å²) in [6.07, 6.45) is -4.71. The predicted octanol–water partition coefficient (Wildman–Crippen LogP) is 5.17. The largest absolute Gasteiger partial charge is 0.433 e. The molecule has 2 aromatic carbocycles. The number of aromatic nitrogens is 5. The third kappa shape index (κ3) is 3.66. The van der Waals surface area contributed by atoms with E-state index in [1.807, 2.05) is 30.3 Å². The molecule has 0 bridgehead atoms. The van der Waals surface area contributed by atoms with E-state index in [1.165, 1.54) is 6.07 Å². The minimum Gasteiger partial charge on any atom is -0.317 e. The van der Waals surface area contributed by atoms with E-state index in [0.717, 1.165) is 16.8 Å². The minimum absolute atomic E-state index is 0.0808. The number of halogens is 3. The molecule has 0 saturated heterocycles. The van der Waals surface area contributed by atoms with Crippen molar-refractivity contribution in [2.45, 2.75) is 20.0 Å². The quantitative estimate of drug-likeness (QED) is 0.400. The summed E-state index contributed by atoms with van der Waals surface area (Å²) in [6.45, 7) is 3.50. The van der Waals surface area contributed by atoms with E-state index >= 15 is 0 Å². The second-order valence-electron chi connectivity index (χ2n) is 8.01. The normalized spacial score (nSPS) is 11.9. The zero-order valence-electron chi connectivity index (χ0n) is 18.5. The van der Waals surface area contributed by atoms with Crippen molar-refractivity contribution >= 4 is 28.0 Å². The van der Waals surface area contributed by atoms with E-state index in [9.17, 15) is 18.0 Å². The summed E-state index contributed by atoms with van der Waals surface area (Å²) < 4.78 is 44.1. The van der Waals surface area contributed by atoms with Gasteiger partial charge in [0.25, 0.3) is 5.91 Å². The van der Waals surface area contributed by atoms with Crippen LogP contribution in [0.2, 0.25) is 0 Å². The van der Waals surface area contributed by atoms with Crippen LogP contribution in [0.25, 0.3) is 27.7 Å². The van der Waals surface area contributed by atoms with Crippen molar-refractivity contribution in [2.75, 3.05) is 5.32 Å². The number of hydrogen-bond acceptors (Lipinski definition) is 4. The lowest BCUT2D eigenvalue weighted by Crippen LogP contribution is -2.16. The van der Waals surface area contributed by atoms with Gasteiger partial charge in [0.15, 0.2) is 17.0 Å². The Morgan fingerprint density at radius 2 is 1.71 bits per heavy atom. The van der Waals surface area contributed by atoms with E-state index in [2.05, 4.69) is 20.5 Å². The number of anilines is 1. The van der Waals surface area contributed by atoms with Crippen molar-refractivity contribution in [2.24, 2.45) is 7.05 Å². The standard InChI is InChI=1S/C24H19F3N6O/c1-13-22(14(2)32(3)30-13)29-23(34)19-12-21-28-18(11-20(24(25,26)27)33(21)31-19)17-9-8-15-6-4-5-7-16(15)10-17/h4-12H,1-3H3,(H,29,34). The highest BCUT2D eigenvalue weighted by atomic mass is 19.4. The summed E-state index contributed by atoms with van der Waals surface area (Å²) in [4.78, 5) is 17.2. The second-order valence-corrected chi connectivity index (χ2v) is 8.01. The van der Waals surface area contributed by atoms with Crippen molar-refractivity contribution in [3.8, 4) is 11.3 Å². The summed E-state index contributed by atoms with van der Waals surface area (Å²) in [5.74, 6) is -0.648. The van der Waals surface area contributed by atoms with Crippen LogP contribution in [0.1, 0.15) is 27.6 Å². The van der Waals surface area contributed by atoms with Gasteiger partial charge in [0, 0.05) is 18.7 Å². The Kier molecular flexibility index (Phi) is 4.89. The van der Waals surface area contributed by atoms with Crippen molar-refractivity contribution in [1.29, 1.82) is 0 Å². The fourth-order valence-corrected chi connectivity index (χ4v) is 3.92. The zero-order valence-corrected chi connectivity index (χ0v) is 18.5. The molecule has 0 aliphatic rings. The number of nitrogens with zero attached hydrogens (tertiary/aromatic N) is 5. The van der Waals surface area contributed by atoms with Gasteiger partial charge >= 0.3 is 6.18 Å². The average molecular weight is 464 g/mol. The van der Waals surface area contributed by atoms with E-state index in [4.69, 9.17) is 0 Å². The molecule has 0 fully saturated rings. The van der Waals surface area contributed by atoms with Gasteiger partial charge in [-0.3, -0.25) is 9.48 Å². The van der Waals surface area contributed by atoms with Crippen molar-refractivity contribution in [1.82, 2.24) is 24.4 Å². The van der Waals surface area contributed by atoms with Crippen molar-refractivity contribution in [3.05, 3.63) is 77.4 Å². The second kappa shape index (κ2) is 7.68. The van der Waals surface area contributed by atoms with Gasteiger partial charge in [-0.25, -0.2) is 9.50 Å². The SMILES string of the molecule is Cc1nn(C)c(C)c1NC(=O)c1cc2nc(-c3ccc4ccccc4c3)cc(C(F)(F)F)n2n1. The number of hydrogen-bond donors (Lipinski definition) is 1. The molecule has 10 heteroatoms. The van der Waals surface area contributed by atoms with Crippen LogP contribution in [0.15, 0.2) is 54.6 Å². The number of rotatable bonds is 3. The summed E-state index contributed by atoms with van der Waals surface area (Å²) >= 11 is 0. The number of alkyl halides is 3. The summed E-state index contributed by atoms with van der Waals surface area (Å²) in [5.41, 5.74) is 1.17. The van der Waals surface area contributed by atoms with Gasteiger partial charge in [-0.2, -0.15) is 23.4 Å². The Labute approximate surface area is 191 Å². The molecule has 1 amide bonds. The molecule has 0 saturated carbocycles. The first kappa shape index (κ1) is 21.6. The van der Waals surface area contributed by atoms with Crippen molar-refractivity contribution < 1.29 is 18.0 Å². The minimum atomic E-state index is -4.71. The van der Waals surface area contributed by atoms with E-state index < -0.39 is 17.8 Å². The number of fused-ring (bicyclic) bond motifs is 2. The summed E-state index contributed by atoms with van der Waals surface area (Å²) in [6, 6.07) is 15.1. The molecule has 7 nitrogen and oxygen atoms in total.